The van der Waals surface area contributed by atoms with Gasteiger partial charge in [0.25, 0.3) is 0 Å². The van der Waals surface area contributed by atoms with Gasteiger partial charge in [0.1, 0.15) is 11.2 Å². The second-order valence-electron chi connectivity index (χ2n) is 8.42. The number of hydrogen-bond donors (Lipinski definition) is 0. The summed E-state index contributed by atoms with van der Waals surface area (Å²) in [5.74, 6) is 0.971. The van der Waals surface area contributed by atoms with E-state index in [1.54, 1.807) is 0 Å². The molecule has 1 aromatic rings. The predicted molar refractivity (Wildman–Crippen MR) is 99.2 cm³/mol. The Morgan fingerprint density at radius 3 is 2.05 bits per heavy atom. The Labute approximate surface area is 141 Å². The van der Waals surface area contributed by atoms with E-state index < -0.39 is 8.32 Å². The van der Waals surface area contributed by atoms with Gasteiger partial charge in [0.15, 0.2) is 0 Å². The Bertz CT molecular complexity index is 589. The molecule has 0 aromatic heterocycles. The SMILES string of the molecule is Cc1cc(SC#N)c(C(C)(C)C)cc1O[Si](C)(C)C(C)(C)C. The number of thioether (sulfide) groups is 1. The highest BCUT2D eigenvalue weighted by molar-refractivity contribution is 8.03. The van der Waals surface area contributed by atoms with Crippen molar-refractivity contribution in [3.8, 4) is 11.2 Å². The van der Waals surface area contributed by atoms with E-state index in [0.29, 0.717) is 0 Å². The minimum absolute atomic E-state index is 0.0155. The molecule has 0 aliphatic carbocycles. The summed E-state index contributed by atoms with van der Waals surface area (Å²) in [4.78, 5) is 1.04. The lowest BCUT2D eigenvalue weighted by atomic mass is 9.86. The van der Waals surface area contributed by atoms with Crippen LogP contribution in [0.5, 0.6) is 5.75 Å². The number of nitriles is 1. The molecule has 0 radical (unpaired) electrons. The zero-order valence-corrected chi connectivity index (χ0v) is 17.2. The highest BCUT2D eigenvalue weighted by Crippen LogP contribution is 2.41. The van der Waals surface area contributed by atoms with Crippen molar-refractivity contribution in [1.82, 2.24) is 0 Å². The van der Waals surface area contributed by atoms with Crippen LogP contribution in [0.25, 0.3) is 0 Å². The Morgan fingerprint density at radius 2 is 1.64 bits per heavy atom. The fraction of sp³-hybridized carbons (Fsp3) is 0.611. The van der Waals surface area contributed by atoms with Gasteiger partial charge in [0.2, 0.25) is 8.32 Å². The molecule has 2 nitrogen and oxygen atoms in total. The molecule has 1 rings (SSSR count). The van der Waals surface area contributed by atoms with Crippen LogP contribution in [0, 0.1) is 17.6 Å². The molecule has 0 atom stereocenters. The van der Waals surface area contributed by atoms with Crippen molar-refractivity contribution in [3.63, 3.8) is 0 Å². The average Bonchev–Trinajstić information content (AvgIpc) is 2.29. The Morgan fingerprint density at radius 1 is 1.09 bits per heavy atom. The maximum absolute atomic E-state index is 9.05. The highest BCUT2D eigenvalue weighted by atomic mass is 32.2. The zero-order chi connectivity index (χ0) is 17.3. The molecule has 0 saturated heterocycles. The predicted octanol–water partition coefficient (Wildman–Crippen LogP) is 6.25. The molecule has 0 aliphatic rings. The maximum atomic E-state index is 9.05. The first-order chi connectivity index (χ1) is 9.79. The van der Waals surface area contributed by atoms with Gasteiger partial charge in [-0.15, -0.1) is 0 Å². The second kappa shape index (κ2) is 6.29. The van der Waals surface area contributed by atoms with Crippen molar-refractivity contribution >= 4 is 20.1 Å². The normalized spacial score (nSPS) is 12.9. The van der Waals surface area contributed by atoms with Gasteiger partial charge >= 0.3 is 0 Å². The number of hydrogen-bond acceptors (Lipinski definition) is 3. The molecule has 4 heteroatoms. The van der Waals surface area contributed by atoms with Crippen LogP contribution < -0.4 is 4.43 Å². The summed E-state index contributed by atoms with van der Waals surface area (Å²) in [6.45, 7) is 19.9. The van der Waals surface area contributed by atoms with E-state index in [2.05, 4.69) is 79.1 Å². The summed E-state index contributed by atoms with van der Waals surface area (Å²) in [6, 6.07) is 4.24. The smallest absolute Gasteiger partial charge is 0.250 e. The van der Waals surface area contributed by atoms with Crippen molar-refractivity contribution < 1.29 is 4.43 Å². The standard InChI is InChI=1S/C18H29NOSSi/c1-13-10-16(21-12-19)14(17(2,3)4)11-15(13)20-22(8,9)18(5,6)7/h10-11H,1-9H3. The molecule has 0 saturated carbocycles. The lowest BCUT2D eigenvalue weighted by Crippen LogP contribution is -2.44. The summed E-state index contributed by atoms with van der Waals surface area (Å²) >= 11 is 1.24. The Kier molecular flexibility index (Phi) is 5.47. The lowest BCUT2D eigenvalue weighted by Gasteiger charge is -2.37. The van der Waals surface area contributed by atoms with E-state index >= 15 is 0 Å². The van der Waals surface area contributed by atoms with Crippen molar-refractivity contribution in [1.29, 1.82) is 5.26 Å². The van der Waals surface area contributed by atoms with Crippen molar-refractivity contribution in [2.75, 3.05) is 0 Å². The first kappa shape index (κ1) is 19.1. The van der Waals surface area contributed by atoms with E-state index in [1.807, 2.05) is 0 Å². The number of aryl methyl sites for hydroxylation is 1. The first-order valence-electron chi connectivity index (χ1n) is 7.69. The molecule has 0 amide bonds. The minimum Gasteiger partial charge on any atom is -0.543 e. The van der Waals surface area contributed by atoms with E-state index in [1.165, 1.54) is 17.3 Å². The zero-order valence-electron chi connectivity index (χ0n) is 15.4. The molecule has 22 heavy (non-hydrogen) atoms. The molecule has 122 valence electrons. The van der Waals surface area contributed by atoms with E-state index in [0.717, 1.165) is 16.2 Å². The van der Waals surface area contributed by atoms with Crippen molar-refractivity contribution in [3.05, 3.63) is 23.3 Å². The fourth-order valence-electron chi connectivity index (χ4n) is 1.92. The van der Waals surface area contributed by atoms with Gasteiger partial charge in [-0.3, -0.25) is 0 Å². The molecule has 0 unspecified atom stereocenters. The topological polar surface area (TPSA) is 33.0 Å². The summed E-state index contributed by atoms with van der Waals surface area (Å²) < 4.78 is 6.51. The fourth-order valence-corrected chi connectivity index (χ4v) is 3.80. The van der Waals surface area contributed by atoms with Gasteiger partial charge in [0.05, 0.1) is 0 Å². The average molecular weight is 336 g/mol. The number of thiocyanates is 1. The quantitative estimate of drug-likeness (QED) is 0.372. The van der Waals surface area contributed by atoms with E-state index in [4.69, 9.17) is 9.69 Å². The maximum Gasteiger partial charge on any atom is 0.250 e. The van der Waals surface area contributed by atoms with Crippen molar-refractivity contribution in [2.24, 2.45) is 0 Å². The Hall–Kier alpha value is -0.923. The second-order valence-corrected chi connectivity index (χ2v) is 14.0. The van der Waals surface area contributed by atoms with E-state index in [9.17, 15) is 0 Å². The minimum atomic E-state index is -1.87. The largest absolute Gasteiger partial charge is 0.543 e. The third-order valence-electron chi connectivity index (χ3n) is 4.41. The molecule has 0 bridgehead atoms. The van der Waals surface area contributed by atoms with E-state index in [-0.39, 0.29) is 10.5 Å². The van der Waals surface area contributed by atoms with Gasteiger partial charge < -0.3 is 4.43 Å². The van der Waals surface area contributed by atoms with Gasteiger partial charge in [-0.25, -0.2) is 0 Å². The number of rotatable bonds is 3. The summed E-state index contributed by atoms with van der Waals surface area (Å²) in [7, 11) is -1.87. The van der Waals surface area contributed by atoms with Crippen LogP contribution in [-0.2, 0) is 5.41 Å². The third-order valence-corrected chi connectivity index (χ3v) is 9.40. The lowest BCUT2D eigenvalue weighted by molar-refractivity contribution is 0.484. The van der Waals surface area contributed by atoms with Gasteiger partial charge in [-0.1, -0.05) is 41.5 Å². The van der Waals surface area contributed by atoms with Crippen LogP contribution in [0.2, 0.25) is 18.1 Å². The van der Waals surface area contributed by atoms with Gasteiger partial charge in [-0.05, 0) is 65.5 Å². The van der Waals surface area contributed by atoms with Crippen LogP contribution >= 0.6 is 11.8 Å². The van der Waals surface area contributed by atoms with Crippen LogP contribution in [0.1, 0.15) is 52.7 Å². The van der Waals surface area contributed by atoms with Crippen LogP contribution in [0.3, 0.4) is 0 Å². The molecule has 0 N–H and O–H groups in total. The summed E-state index contributed by atoms with van der Waals surface area (Å²) in [5, 5.41) is 11.4. The van der Waals surface area contributed by atoms with Crippen LogP contribution in [0.4, 0.5) is 0 Å². The number of benzene rings is 1. The molecule has 1 aromatic carbocycles. The Balaban J connectivity index is 3.37. The first-order valence-corrected chi connectivity index (χ1v) is 11.4. The molecule has 0 aliphatic heterocycles. The molecular formula is C18H29NOSSi. The van der Waals surface area contributed by atoms with Crippen LogP contribution in [0.15, 0.2) is 17.0 Å². The van der Waals surface area contributed by atoms with Gasteiger partial charge in [-0.2, -0.15) is 5.26 Å². The highest BCUT2D eigenvalue weighted by Gasteiger charge is 2.39. The molecular weight excluding hydrogens is 306 g/mol. The molecule has 0 fully saturated rings. The third kappa shape index (κ3) is 4.30. The van der Waals surface area contributed by atoms with Crippen molar-refractivity contribution in [2.45, 2.75) is 76.9 Å². The summed E-state index contributed by atoms with van der Waals surface area (Å²) in [5.41, 5.74) is 2.27. The monoisotopic (exact) mass is 335 g/mol. The molecule has 0 heterocycles. The number of nitrogens with zero attached hydrogens (tertiary/aromatic N) is 1. The summed E-state index contributed by atoms with van der Waals surface area (Å²) in [6.07, 6.45) is 0. The van der Waals surface area contributed by atoms with Crippen LogP contribution in [-0.4, -0.2) is 8.32 Å². The van der Waals surface area contributed by atoms with Gasteiger partial charge in [0, 0.05) is 4.90 Å². The molecule has 0 spiro atoms.